The minimum absolute atomic E-state index is 0.279. The van der Waals surface area contributed by atoms with Gasteiger partial charge in [0.2, 0.25) is 0 Å². The Morgan fingerprint density at radius 2 is 2.18 bits per heavy atom. The van der Waals surface area contributed by atoms with E-state index in [4.69, 9.17) is 4.18 Å². The van der Waals surface area contributed by atoms with Crippen molar-refractivity contribution in [2.75, 3.05) is 11.5 Å². The molecule has 0 radical (unpaired) electrons. The monoisotopic (exact) mass is 270 g/mol. The summed E-state index contributed by atoms with van der Waals surface area (Å²) >= 11 is 0.677. The van der Waals surface area contributed by atoms with E-state index in [1.807, 2.05) is 18.2 Å². The quantitative estimate of drug-likeness (QED) is 0.840. The average Bonchev–Trinajstić information content (AvgIpc) is 2.30. The highest BCUT2D eigenvalue weighted by atomic mass is 32.2. The first-order chi connectivity index (χ1) is 8.24. The molecule has 1 aliphatic rings. The Kier molecular flexibility index (Phi) is 4.65. The molecule has 17 heavy (non-hydrogen) atoms. The average molecular weight is 270 g/mol. The molecule has 1 aromatic carbocycles. The van der Waals surface area contributed by atoms with E-state index in [0.29, 0.717) is 5.75 Å². The topological polar surface area (TPSA) is 26.3 Å². The molecule has 0 spiro atoms. The summed E-state index contributed by atoms with van der Waals surface area (Å²) in [6.07, 6.45) is 2.83. The fraction of sp³-hybridized carbons (Fsp3) is 0.538. The normalized spacial score (nSPS) is 29.1. The number of rotatable bonds is 4. The van der Waals surface area contributed by atoms with Crippen LogP contribution in [0.2, 0.25) is 0 Å². The lowest BCUT2D eigenvalue weighted by Gasteiger charge is -2.35. The Morgan fingerprint density at radius 3 is 2.82 bits per heavy atom. The van der Waals surface area contributed by atoms with Crippen LogP contribution in [0.25, 0.3) is 0 Å². The molecule has 2 rings (SSSR count). The van der Waals surface area contributed by atoms with Gasteiger partial charge in [0.15, 0.2) is 11.1 Å². The molecule has 4 heteroatoms. The zero-order chi connectivity index (χ0) is 12.1. The summed E-state index contributed by atoms with van der Waals surface area (Å²) in [5.41, 5.74) is 1.26. The lowest BCUT2D eigenvalue weighted by Crippen LogP contribution is -2.37. The maximum Gasteiger partial charge on any atom is 0.156 e. The van der Waals surface area contributed by atoms with Gasteiger partial charge in [-0.2, -0.15) is 0 Å². The summed E-state index contributed by atoms with van der Waals surface area (Å²) in [5.74, 6) is 1.67. The first-order valence-corrected chi connectivity index (χ1v) is 8.23. The second-order valence-electron chi connectivity index (χ2n) is 4.20. The van der Waals surface area contributed by atoms with Gasteiger partial charge in [-0.05, 0) is 24.2 Å². The van der Waals surface area contributed by atoms with Gasteiger partial charge < -0.3 is 0 Å². The summed E-state index contributed by atoms with van der Waals surface area (Å²) in [7, 11) is 0. The highest BCUT2D eigenvalue weighted by Crippen LogP contribution is 2.38. The molecule has 2 atom stereocenters. The summed E-state index contributed by atoms with van der Waals surface area (Å²) in [6.45, 7) is 2.12. The molecule has 0 amide bonds. The molecule has 1 fully saturated rings. The SMILES string of the molecule is CCS[C@@]1(Cc2ccccc2)CCC[S@@](=O)O1. The molecular formula is C13H18O2S2. The molecule has 1 saturated heterocycles. The van der Waals surface area contributed by atoms with Gasteiger partial charge in [0, 0.05) is 12.2 Å². The third-order valence-electron chi connectivity index (χ3n) is 2.84. The van der Waals surface area contributed by atoms with Gasteiger partial charge in [-0.1, -0.05) is 37.3 Å². The standard InChI is InChI=1S/C13H18O2S2/c1-2-16-13(9-6-10-17(14)15-13)11-12-7-4-3-5-8-12/h3-5,7-8H,2,6,9-11H2,1H3/t13-,17+/m1/s1. The molecular weight excluding hydrogens is 252 g/mol. The summed E-state index contributed by atoms with van der Waals surface area (Å²) in [4.78, 5) is -0.279. The first-order valence-electron chi connectivity index (χ1n) is 6.00. The number of thioether (sulfide) groups is 1. The van der Waals surface area contributed by atoms with Gasteiger partial charge in [-0.3, -0.25) is 4.18 Å². The zero-order valence-electron chi connectivity index (χ0n) is 10.1. The molecule has 94 valence electrons. The van der Waals surface area contributed by atoms with Gasteiger partial charge in [0.25, 0.3) is 0 Å². The van der Waals surface area contributed by atoms with Crippen molar-refractivity contribution in [2.45, 2.75) is 31.1 Å². The van der Waals surface area contributed by atoms with Crippen molar-refractivity contribution in [3.63, 3.8) is 0 Å². The van der Waals surface area contributed by atoms with Crippen LogP contribution in [0.4, 0.5) is 0 Å². The lowest BCUT2D eigenvalue weighted by atomic mass is 10.0. The van der Waals surface area contributed by atoms with E-state index < -0.39 is 11.1 Å². The van der Waals surface area contributed by atoms with Crippen LogP contribution in [0.15, 0.2) is 30.3 Å². The molecule has 0 saturated carbocycles. The summed E-state index contributed by atoms with van der Waals surface area (Å²) in [6, 6.07) is 10.3. The van der Waals surface area contributed by atoms with E-state index in [1.165, 1.54) is 5.56 Å². The Labute approximate surface area is 110 Å². The highest BCUT2D eigenvalue weighted by Gasteiger charge is 2.36. The third-order valence-corrected chi connectivity index (χ3v) is 5.32. The Morgan fingerprint density at radius 1 is 1.41 bits per heavy atom. The van der Waals surface area contributed by atoms with Crippen LogP contribution < -0.4 is 0 Å². The van der Waals surface area contributed by atoms with E-state index in [2.05, 4.69) is 19.1 Å². The van der Waals surface area contributed by atoms with Crippen molar-refractivity contribution in [3.05, 3.63) is 35.9 Å². The molecule has 0 N–H and O–H groups in total. The number of hydrogen-bond donors (Lipinski definition) is 0. The molecule has 1 heterocycles. The minimum Gasteiger partial charge on any atom is -0.272 e. The van der Waals surface area contributed by atoms with Crippen LogP contribution in [0.3, 0.4) is 0 Å². The van der Waals surface area contributed by atoms with Crippen molar-refractivity contribution in [2.24, 2.45) is 0 Å². The fourth-order valence-electron chi connectivity index (χ4n) is 2.15. The van der Waals surface area contributed by atoms with Gasteiger partial charge in [-0.25, -0.2) is 4.21 Å². The van der Waals surface area contributed by atoms with E-state index in [-0.39, 0.29) is 4.93 Å². The maximum absolute atomic E-state index is 11.6. The van der Waals surface area contributed by atoms with Crippen LogP contribution in [0.5, 0.6) is 0 Å². The Bertz CT molecular complexity index is 376. The summed E-state index contributed by atoms with van der Waals surface area (Å²) < 4.78 is 17.4. The molecule has 0 unspecified atom stereocenters. The number of benzene rings is 1. The van der Waals surface area contributed by atoms with Crippen molar-refractivity contribution < 1.29 is 8.39 Å². The molecule has 1 aliphatic heterocycles. The summed E-state index contributed by atoms with van der Waals surface area (Å²) in [5, 5.41) is 0. The van der Waals surface area contributed by atoms with Crippen LogP contribution in [0, 0.1) is 0 Å². The van der Waals surface area contributed by atoms with Gasteiger partial charge in [0.1, 0.15) is 4.93 Å². The van der Waals surface area contributed by atoms with Gasteiger partial charge >= 0.3 is 0 Å². The van der Waals surface area contributed by atoms with Crippen molar-refractivity contribution in [3.8, 4) is 0 Å². The Hall–Kier alpha value is -0.320. The predicted molar refractivity (Wildman–Crippen MR) is 74.3 cm³/mol. The first kappa shape index (κ1) is 13.1. The maximum atomic E-state index is 11.6. The predicted octanol–water partition coefficient (Wildman–Crippen LogP) is 3.15. The largest absolute Gasteiger partial charge is 0.272 e. The fourth-order valence-corrected chi connectivity index (χ4v) is 4.60. The van der Waals surface area contributed by atoms with E-state index in [9.17, 15) is 4.21 Å². The van der Waals surface area contributed by atoms with Crippen molar-refractivity contribution in [1.82, 2.24) is 0 Å². The number of hydrogen-bond acceptors (Lipinski definition) is 3. The van der Waals surface area contributed by atoms with E-state index in [1.54, 1.807) is 11.8 Å². The smallest absolute Gasteiger partial charge is 0.156 e. The van der Waals surface area contributed by atoms with Crippen LogP contribution >= 0.6 is 11.8 Å². The molecule has 0 aliphatic carbocycles. The van der Waals surface area contributed by atoms with E-state index >= 15 is 0 Å². The molecule has 0 bridgehead atoms. The second-order valence-corrected chi connectivity index (χ2v) is 6.99. The highest BCUT2D eigenvalue weighted by molar-refractivity contribution is 8.00. The van der Waals surface area contributed by atoms with Gasteiger partial charge in [0.05, 0.1) is 0 Å². The lowest BCUT2D eigenvalue weighted by molar-refractivity contribution is 0.162. The third kappa shape index (κ3) is 3.57. The Balaban J connectivity index is 2.13. The van der Waals surface area contributed by atoms with Gasteiger partial charge in [-0.15, -0.1) is 11.8 Å². The van der Waals surface area contributed by atoms with Crippen molar-refractivity contribution in [1.29, 1.82) is 0 Å². The second kappa shape index (κ2) is 6.03. The minimum atomic E-state index is -1.11. The molecule has 2 nitrogen and oxygen atoms in total. The van der Waals surface area contributed by atoms with E-state index in [0.717, 1.165) is 25.0 Å². The molecule has 1 aromatic rings. The zero-order valence-corrected chi connectivity index (χ0v) is 11.7. The molecule has 0 aromatic heterocycles. The van der Waals surface area contributed by atoms with Crippen LogP contribution in [0.1, 0.15) is 25.3 Å². The van der Waals surface area contributed by atoms with Crippen molar-refractivity contribution >= 4 is 22.8 Å². The van der Waals surface area contributed by atoms with Crippen LogP contribution in [-0.4, -0.2) is 20.6 Å². The van der Waals surface area contributed by atoms with Crippen LogP contribution in [-0.2, 0) is 21.7 Å².